The van der Waals surface area contributed by atoms with E-state index in [-0.39, 0.29) is 16.1 Å². The van der Waals surface area contributed by atoms with Gasteiger partial charge in [0.1, 0.15) is 17.3 Å². The van der Waals surface area contributed by atoms with Crippen molar-refractivity contribution in [1.29, 1.82) is 0 Å². The molecule has 3 nitrogen and oxygen atoms in total. The monoisotopic (exact) mass is 416 g/mol. The molecule has 144 valence electrons. The van der Waals surface area contributed by atoms with Crippen LogP contribution < -0.4 is 4.90 Å². The van der Waals surface area contributed by atoms with Gasteiger partial charge in [0.25, 0.3) is 0 Å². The molecule has 1 aliphatic heterocycles. The Bertz CT molecular complexity index is 885. The highest BCUT2D eigenvalue weighted by molar-refractivity contribution is 8.14. The summed E-state index contributed by atoms with van der Waals surface area (Å²) in [6.07, 6.45) is -4.57. The van der Waals surface area contributed by atoms with Gasteiger partial charge < -0.3 is 4.90 Å². The van der Waals surface area contributed by atoms with Crippen LogP contribution in [0.3, 0.4) is 0 Å². The highest BCUT2D eigenvalue weighted by atomic mass is 32.2. The van der Waals surface area contributed by atoms with Gasteiger partial charge in [-0.15, -0.1) is 0 Å². The lowest BCUT2D eigenvalue weighted by molar-refractivity contribution is -0.105. The molecular formula is C18H16F4N2OS2. The number of anilines is 1. The smallest absolute Gasteiger partial charge is 0.320 e. The Morgan fingerprint density at radius 3 is 2.59 bits per heavy atom. The van der Waals surface area contributed by atoms with Gasteiger partial charge >= 0.3 is 6.18 Å². The van der Waals surface area contributed by atoms with Gasteiger partial charge in [-0.05, 0) is 36.8 Å². The Morgan fingerprint density at radius 1 is 1.22 bits per heavy atom. The van der Waals surface area contributed by atoms with E-state index in [0.29, 0.717) is 11.7 Å². The number of benzene rings is 2. The zero-order chi connectivity index (χ0) is 19.6. The van der Waals surface area contributed by atoms with Gasteiger partial charge in [0.05, 0.1) is 10.8 Å². The van der Waals surface area contributed by atoms with Crippen molar-refractivity contribution >= 4 is 39.1 Å². The first-order valence-corrected chi connectivity index (χ1v) is 10.3. The molecule has 0 amide bonds. The number of aliphatic imine (C=N–C) groups is 1. The van der Waals surface area contributed by atoms with E-state index in [0.717, 1.165) is 23.6 Å². The van der Waals surface area contributed by atoms with Gasteiger partial charge in [-0.2, -0.15) is 13.2 Å². The third-order valence-electron chi connectivity index (χ3n) is 3.85. The molecule has 9 heteroatoms. The van der Waals surface area contributed by atoms with Gasteiger partial charge in [0.15, 0.2) is 5.17 Å². The SMILES string of the molecule is Cc1cc(F)c(N=C2SCCN2c2ccccc2)cc1S(=O)CC(F)(F)F. The molecule has 1 fully saturated rings. The van der Waals surface area contributed by atoms with Crippen LogP contribution in [0.5, 0.6) is 0 Å². The second-order valence-electron chi connectivity index (χ2n) is 5.90. The molecule has 1 atom stereocenters. The molecule has 1 heterocycles. The van der Waals surface area contributed by atoms with E-state index in [9.17, 15) is 21.8 Å². The minimum Gasteiger partial charge on any atom is -0.320 e. The van der Waals surface area contributed by atoms with Crippen LogP contribution in [0, 0.1) is 12.7 Å². The number of nitrogens with zero attached hydrogens (tertiary/aromatic N) is 2. The van der Waals surface area contributed by atoms with Crippen molar-refractivity contribution in [1.82, 2.24) is 0 Å². The van der Waals surface area contributed by atoms with Crippen molar-refractivity contribution in [2.24, 2.45) is 4.99 Å². The van der Waals surface area contributed by atoms with Crippen LogP contribution in [0.15, 0.2) is 52.4 Å². The van der Waals surface area contributed by atoms with Crippen molar-refractivity contribution in [3.8, 4) is 0 Å². The van der Waals surface area contributed by atoms with Crippen LogP contribution in [0.25, 0.3) is 0 Å². The summed E-state index contributed by atoms with van der Waals surface area (Å²) in [5, 5.41) is 0.552. The first-order chi connectivity index (χ1) is 12.7. The summed E-state index contributed by atoms with van der Waals surface area (Å²) < 4.78 is 64.1. The summed E-state index contributed by atoms with van der Waals surface area (Å²) in [6.45, 7) is 2.12. The number of alkyl halides is 3. The molecule has 2 aromatic rings. The summed E-state index contributed by atoms with van der Waals surface area (Å²) in [4.78, 5) is 6.17. The van der Waals surface area contributed by atoms with E-state index in [1.165, 1.54) is 18.7 Å². The van der Waals surface area contributed by atoms with Gasteiger partial charge in [-0.3, -0.25) is 4.21 Å². The zero-order valence-electron chi connectivity index (χ0n) is 14.3. The Balaban J connectivity index is 1.95. The minimum atomic E-state index is -4.57. The van der Waals surface area contributed by atoms with E-state index >= 15 is 0 Å². The third kappa shape index (κ3) is 4.90. The predicted molar refractivity (Wildman–Crippen MR) is 102 cm³/mol. The average molecular weight is 416 g/mol. The van der Waals surface area contributed by atoms with E-state index in [4.69, 9.17) is 0 Å². The topological polar surface area (TPSA) is 32.7 Å². The van der Waals surface area contributed by atoms with Crippen molar-refractivity contribution in [2.75, 3.05) is 23.0 Å². The number of halogens is 4. The Hall–Kier alpha value is -1.87. The minimum absolute atomic E-state index is 0.0534. The van der Waals surface area contributed by atoms with E-state index < -0.39 is 28.5 Å². The molecule has 1 unspecified atom stereocenters. The van der Waals surface area contributed by atoms with E-state index in [1.807, 2.05) is 35.2 Å². The maximum atomic E-state index is 14.4. The first kappa shape index (κ1) is 19.9. The number of thioether (sulfide) groups is 1. The van der Waals surface area contributed by atoms with Gasteiger partial charge in [0, 0.05) is 22.9 Å². The second kappa shape index (κ2) is 8.02. The number of amidine groups is 1. The number of para-hydroxylation sites is 1. The standard InChI is InChI=1S/C18H16F4N2OS2/c1-12-9-14(19)15(10-16(12)27(25)11-18(20,21)22)23-17-24(7-8-26-17)13-5-3-2-4-6-13/h2-6,9-10H,7-8,11H2,1H3. The molecule has 0 saturated carbocycles. The molecule has 27 heavy (non-hydrogen) atoms. The lowest BCUT2D eigenvalue weighted by Crippen LogP contribution is -2.23. The number of hydrogen-bond donors (Lipinski definition) is 0. The summed E-state index contributed by atoms with van der Waals surface area (Å²) in [5.74, 6) is -1.37. The van der Waals surface area contributed by atoms with Gasteiger partial charge in [-0.1, -0.05) is 30.0 Å². The molecule has 0 aromatic heterocycles. The Morgan fingerprint density at radius 2 is 1.93 bits per heavy atom. The normalized spacial score (nSPS) is 17.5. The highest BCUT2D eigenvalue weighted by Gasteiger charge is 2.32. The number of rotatable bonds is 4. The van der Waals surface area contributed by atoms with Crippen LogP contribution in [0.2, 0.25) is 0 Å². The van der Waals surface area contributed by atoms with Crippen LogP contribution in [0.4, 0.5) is 28.9 Å². The molecule has 1 saturated heterocycles. The number of aryl methyl sites for hydroxylation is 1. The van der Waals surface area contributed by atoms with Gasteiger partial charge in [0.2, 0.25) is 0 Å². The largest absolute Gasteiger partial charge is 0.400 e. The van der Waals surface area contributed by atoms with Crippen molar-refractivity contribution < 1.29 is 21.8 Å². The van der Waals surface area contributed by atoms with E-state index in [2.05, 4.69) is 4.99 Å². The maximum absolute atomic E-state index is 14.4. The molecular weight excluding hydrogens is 400 g/mol. The fraction of sp³-hybridized carbons (Fsp3) is 0.278. The lowest BCUT2D eigenvalue weighted by atomic mass is 10.2. The van der Waals surface area contributed by atoms with Crippen molar-refractivity contribution in [2.45, 2.75) is 18.0 Å². The van der Waals surface area contributed by atoms with Crippen LogP contribution in [0.1, 0.15) is 5.56 Å². The molecule has 2 aromatic carbocycles. The summed E-state index contributed by atoms with van der Waals surface area (Å²) in [7, 11) is -2.31. The third-order valence-corrected chi connectivity index (χ3v) is 6.32. The zero-order valence-corrected chi connectivity index (χ0v) is 15.9. The Kier molecular flexibility index (Phi) is 5.90. The summed E-state index contributed by atoms with van der Waals surface area (Å²) in [5.41, 5.74) is 0.990. The van der Waals surface area contributed by atoms with Crippen LogP contribution in [-0.2, 0) is 10.8 Å². The van der Waals surface area contributed by atoms with Gasteiger partial charge in [-0.25, -0.2) is 9.38 Å². The van der Waals surface area contributed by atoms with Crippen LogP contribution >= 0.6 is 11.8 Å². The highest BCUT2D eigenvalue weighted by Crippen LogP contribution is 2.31. The van der Waals surface area contributed by atoms with Crippen LogP contribution in [-0.4, -0.2) is 33.6 Å². The molecule has 1 aliphatic rings. The molecule has 0 radical (unpaired) electrons. The summed E-state index contributed by atoms with van der Waals surface area (Å²) in [6, 6.07) is 11.7. The molecule has 0 bridgehead atoms. The average Bonchev–Trinajstić information content (AvgIpc) is 3.04. The molecule has 0 N–H and O–H groups in total. The maximum Gasteiger partial charge on any atom is 0.400 e. The molecule has 3 rings (SSSR count). The first-order valence-electron chi connectivity index (χ1n) is 8.04. The van der Waals surface area contributed by atoms with Crippen molar-refractivity contribution in [3.05, 3.63) is 53.8 Å². The Labute approximate surface area is 160 Å². The lowest BCUT2D eigenvalue weighted by Gasteiger charge is -2.18. The fourth-order valence-electron chi connectivity index (χ4n) is 2.64. The van der Waals surface area contributed by atoms with E-state index in [1.54, 1.807) is 0 Å². The predicted octanol–water partition coefficient (Wildman–Crippen LogP) is 5.04. The fourth-order valence-corrected chi connectivity index (χ4v) is 4.73. The molecule has 0 aliphatic carbocycles. The second-order valence-corrected chi connectivity index (χ2v) is 8.39. The quantitative estimate of drug-likeness (QED) is 0.655. The molecule has 0 spiro atoms. The van der Waals surface area contributed by atoms with Crippen molar-refractivity contribution in [3.63, 3.8) is 0 Å². The number of hydrogen-bond acceptors (Lipinski definition) is 3. The summed E-state index contributed by atoms with van der Waals surface area (Å²) >= 11 is 1.43.